The molecule has 0 aliphatic heterocycles. The molecule has 0 fully saturated rings. The molecule has 0 bridgehead atoms. The Morgan fingerprint density at radius 3 is 2.76 bits per heavy atom. The lowest BCUT2D eigenvalue weighted by Crippen LogP contribution is -2.00. The first-order valence-corrected chi connectivity index (χ1v) is 7.81. The summed E-state index contributed by atoms with van der Waals surface area (Å²) in [6, 6.07) is 7.63. The maximum absolute atomic E-state index is 11.3. The van der Waals surface area contributed by atoms with E-state index in [-0.39, 0.29) is 5.92 Å². The van der Waals surface area contributed by atoms with Gasteiger partial charge in [0.05, 0.1) is 12.3 Å². The summed E-state index contributed by atoms with van der Waals surface area (Å²) in [5.74, 6) is -0.0472. The molecule has 0 spiro atoms. The van der Waals surface area contributed by atoms with Gasteiger partial charge < -0.3 is 9.84 Å². The van der Waals surface area contributed by atoms with E-state index < -0.39 is 5.97 Å². The molecule has 0 unspecified atom stereocenters. The summed E-state index contributed by atoms with van der Waals surface area (Å²) in [6.45, 7) is 6.62. The summed E-state index contributed by atoms with van der Waals surface area (Å²) in [7, 11) is 0. The van der Waals surface area contributed by atoms with E-state index in [4.69, 9.17) is 4.74 Å². The Morgan fingerprint density at radius 2 is 2.19 bits per heavy atom. The molecule has 21 heavy (non-hydrogen) atoms. The molecule has 112 valence electrons. The van der Waals surface area contributed by atoms with Gasteiger partial charge in [-0.05, 0) is 24.5 Å². The van der Waals surface area contributed by atoms with Gasteiger partial charge in [0.1, 0.15) is 15.6 Å². The molecule has 2 aromatic rings. The Hall–Kier alpha value is -1.88. The average Bonchev–Trinajstić information content (AvgIpc) is 2.91. The van der Waals surface area contributed by atoms with Crippen LogP contribution in [0.15, 0.2) is 24.3 Å². The summed E-state index contributed by atoms with van der Waals surface area (Å²) in [6.07, 6.45) is 0.947. The van der Waals surface area contributed by atoms with Crippen molar-refractivity contribution in [2.75, 3.05) is 6.61 Å². The molecule has 0 amide bonds. The predicted octanol–water partition coefficient (Wildman–Crippen LogP) is 4.42. The van der Waals surface area contributed by atoms with Crippen molar-refractivity contribution >= 4 is 17.3 Å². The third-order valence-electron chi connectivity index (χ3n) is 2.95. The molecule has 1 aromatic carbocycles. The Kier molecular flexibility index (Phi) is 4.96. The predicted molar refractivity (Wildman–Crippen MR) is 84.4 cm³/mol. The number of ether oxygens (including phenoxy) is 1. The monoisotopic (exact) mass is 305 g/mol. The van der Waals surface area contributed by atoms with Gasteiger partial charge in [-0.15, -0.1) is 11.3 Å². The molecule has 1 heterocycles. The van der Waals surface area contributed by atoms with E-state index >= 15 is 0 Å². The van der Waals surface area contributed by atoms with E-state index in [0.29, 0.717) is 17.2 Å². The smallest absolute Gasteiger partial charge is 0.347 e. The largest absolute Gasteiger partial charge is 0.494 e. The number of benzene rings is 1. The van der Waals surface area contributed by atoms with Crippen LogP contribution in [0.1, 0.15) is 48.5 Å². The average molecular weight is 305 g/mol. The number of thiazole rings is 1. The van der Waals surface area contributed by atoms with Crippen molar-refractivity contribution in [1.82, 2.24) is 4.98 Å². The molecule has 1 N–H and O–H groups in total. The van der Waals surface area contributed by atoms with Gasteiger partial charge in [-0.3, -0.25) is 0 Å². The number of hydrogen-bond acceptors (Lipinski definition) is 4. The maximum Gasteiger partial charge on any atom is 0.347 e. The minimum Gasteiger partial charge on any atom is -0.494 e. The molecule has 0 radical (unpaired) electrons. The van der Waals surface area contributed by atoms with Gasteiger partial charge in [-0.25, -0.2) is 9.78 Å². The standard InChI is InChI=1S/C16H19NO3S/c1-4-8-20-12-7-5-6-11(9-12)15-17-13(10(2)3)14(21-15)16(18)19/h5-7,9-10H,4,8H2,1-3H3,(H,18,19). The molecule has 0 aliphatic carbocycles. The van der Waals surface area contributed by atoms with Gasteiger partial charge >= 0.3 is 5.97 Å². The van der Waals surface area contributed by atoms with E-state index in [9.17, 15) is 9.90 Å². The highest BCUT2D eigenvalue weighted by atomic mass is 32.1. The minimum atomic E-state index is -0.916. The Balaban J connectivity index is 2.38. The van der Waals surface area contributed by atoms with Gasteiger partial charge in [0.25, 0.3) is 0 Å². The molecular weight excluding hydrogens is 286 g/mol. The first kappa shape index (κ1) is 15.5. The van der Waals surface area contributed by atoms with E-state index in [1.807, 2.05) is 38.1 Å². The number of carbonyl (C=O) groups is 1. The molecule has 2 rings (SSSR count). The highest BCUT2D eigenvalue weighted by Gasteiger charge is 2.20. The third-order valence-corrected chi connectivity index (χ3v) is 4.06. The van der Waals surface area contributed by atoms with Crippen molar-refractivity contribution < 1.29 is 14.6 Å². The Labute approximate surface area is 128 Å². The zero-order valence-electron chi connectivity index (χ0n) is 12.4. The molecule has 4 nitrogen and oxygen atoms in total. The van der Waals surface area contributed by atoms with E-state index in [1.165, 1.54) is 11.3 Å². The van der Waals surface area contributed by atoms with Gasteiger partial charge in [-0.1, -0.05) is 32.9 Å². The van der Waals surface area contributed by atoms with E-state index in [0.717, 1.165) is 22.7 Å². The fraction of sp³-hybridized carbons (Fsp3) is 0.375. The summed E-state index contributed by atoms with van der Waals surface area (Å²) in [4.78, 5) is 16.1. The second-order valence-corrected chi connectivity index (χ2v) is 6.07. The van der Waals surface area contributed by atoms with Crippen LogP contribution >= 0.6 is 11.3 Å². The van der Waals surface area contributed by atoms with Crippen molar-refractivity contribution in [2.45, 2.75) is 33.1 Å². The highest BCUT2D eigenvalue weighted by molar-refractivity contribution is 7.17. The zero-order chi connectivity index (χ0) is 15.4. The lowest BCUT2D eigenvalue weighted by atomic mass is 10.1. The van der Waals surface area contributed by atoms with Gasteiger partial charge in [0.2, 0.25) is 0 Å². The van der Waals surface area contributed by atoms with Crippen molar-refractivity contribution in [3.63, 3.8) is 0 Å². The topological polar surface area (TPSA) is 59.4 Å². The van der Waals surface area contributed by atoms with Crippen molar-refractivity contribution in [3.05, 3.63) is 34.8 Å². The van der Waals surface area contributed by atoms with Crippen LogP contribution in [0.25, 0.3) is 10.6 Å². The first-order chi connectivity index (χ1) is 10.0. The number of hydrogen-bond donors (Lipinski definition) is 1. The van der Waals surface area contributed by atoms with Crippen LogP contribution in [0.4, 0.5) is 0 Å². The fourth-order valence-electron chi connectivity index (χ4n) is 1.94. The lowest BCUT2D eigenvalue weighted by molar-refractivity contribution is 0.0700. The molecule has 0 aliphatic rings. The molecular formula is C16H19NO3S. The fourth-order valence-corrected chi connectivity index (χ4v) is 2.99. The lowest BCUT2D eigenvalue weighted by Gasteiger charge is -2.05. The second kappa shape index (κ2) is 6.72. The molecule has 5 heteroatoms. The van der Waals surface area contributed by atoms with Crippen molar-refractivity contribution in [2.24, 2.45) is 0 Å². The number of carboxylic acids is 1. The number of aromatic nitrogens is 1. The van der Waals surface area contributed by atoms with Crippen LogP contribution in [-0.2, 0) is 0 Å². The van der Waals surface area contributed by atoms with Gasteiger partial charge in [-0.2, -0.15) is 0 Å². The molecule has 0 saturated heterocycles. The SMILES string of the molecule is CCCOc1cccc(-c2nc(C(C)C)c(C(=O)O)s2)c1. The number of rotatable bonds is 6. The van der Waals surface area contributed by atoms with E-state index in [1.54, 1.807) is 0 Å². The third kappa shape index (κ3) is 3.61. The van der Waals surface area contributed by atoms with Crippen LogP contribution in [0.3, 0.4) is 0 Å². The van der Waals surface area contributed by atoms with Crippen LogP contribution in [0.5, 0.6) is 5.75 Å². The maximum atomic E-state index is 11.3. The van der Waals surface area contributed by atoms with Gasteiger partial charge in [0, 0.05) is 5.56 Å². The Morgan fingerprint density at radius 1 is 1.43 bits per heavy atom. The molecule has 0 saturated carbocycles. The Bertz CT molecular complexity index is 634. The molecule has 1 aromatic heterocycles. The second-order valence-electron chi connectivity index (χ2n) is 5.07. The van der Waals surface area contributed by atoms with Crippen LogP contribution in [0, 0.1) is 0 Å². The van der Waals surface area contributed by atoms with Gasteiger partial charge in [0.15, 0.2) is 0 Å². The van der Waals surface area contributed by atoms with Crippen LogP contribution in [0.2, 0.25) is 0 Å². The summed E-state index contributed by atoms with van der Waals surface area (Å²) in [5, 5.41) is 10.0. The summed E-state index contributed by atoms with van der Waals surface area (Å²) < 4.78 is 5.61. The number of nitrogens with zero attached hydrogens (tertiary/aromatic N) is 1. The number of carboxylic acid groups (broad SMARTS) is 1. The summed E-state index contributed by atoms with van der Waals surface area (Å²) in [5.41, 5.74) is 1.53. The van der Waals surface area contributed by atoms with Crippen LogP contribution < -0.4 is 4.74 Å². The van der Waals surface area contributed by atoms with Crippen molar-refractivity contribution in [3.8, 4) is 16.3 Å². The highest BCUT2D eigenvalue weighted by Crippen LogP contribution is 2.33. The summed E-state index contributed by atoms with van der Waals surface area (Å²) >= 11 is 1.22. The molecule has 0 atom stereocenters. The first-order valence-electron chi connectivity index (χ1n) is 7.00. The van der Waals surface area contributed by atoms with Crippen molar-refractivity contribution in [1.29, 1.82) is 0 Å². The minimum absolute atomic E-state index is 0.0839. The normalized spacial score (nSPS) is 10.9. The zero-order valence-corrected chi connectivity index (χ0v) is 13.2. The van der Waals surface area contributed by atoms with Crippen LogP contribution in [-0.4, -0.2) is 22.7 Å². The quantitative estimate of drug-likeness (QED) is 0.858. The van der Waals surface area contributed by atoms with E-state index in [2.05, 4.69) is 11.9 Å². The number of aromatic carboxylic acids is 1.